The van der Waals surface area contributed by atoms with E-state index in [0.717, 1.165) is 6.07 Å². The van der Waals surface area contributed by atoms with E-state index in [0.29, 0.717) is 11.1 Å². The minimum Gasteiger partial charge on any atom is -0.258 e. The van der Waals surface area contributed by atoms with Crippen LogP contribution in [0.2, 0.25) is 0 Å². The lowest BCUT2D eigenvalue weighted by Gasteiger charge is -2.18. The third-order valence-electron chi connectivity index (χ3n) is 4.30. The van der Waals surface area contributed by atoms with Crippen LogP contribution in [0.3, 0.4) is 0 Å². The fourth-order valence-corrected chi connectivity index (χ4v) is 3.18. The summed E-state index contributed by atoms with van der Waals surface area (Å²) in [5.74, 6) is -0.706. The molecule has 0 atom stereocenters. The van der Waals surface area contributed by atoms with Crippen molar-refractivity contribution in [2.45, 2.75) is 5.92 Å². The van der Waals surface area contributed by atoms with Gasteiger partial charge in [0.2, 0.25) is 0 Å². The maximum absolute atomic E-state index is 11.8. The molecule has 0 saturated heterocycles. The first kappa shape index (κ1) is 18.6. The molecule has 9 heteroatoms. The SMILES string of the molecule is O=[N+]([O-])c1ccc(C(c2ccccc2)c2ccccc2)c([N+](=O)[O-])c1[N+](=O)[O-]. The van der Waals surface area contributed by atoms with Crippen LogP contribution in [-0.4, -0.2) is 14.8 Å². The van der Waals surface area contributed by atoms with Gasteiger partial charge in [0.15, 0.2) is 0 Å². The number of nitro benzene ring substituents is 3. The van der Waals surface area contributed by atoms with Gasteiger partial charge in [0.25, 0.3) is 0 Å². The Morgan fingerprint density at radius 1 is 0.571 bits per heavy atom. The van der Waals surface area contributed by atoms with Crippen LogP contribution in [0.25, 0.3) is 0 Å². The topological polar surface area (TPSA) is 129 Å². The average molecular weight is 379 g/mol. The molecule has 0 amide bonds. The molecular formula is C19H13N3O6. The monoisotopic (exact) mass is 379 g/mol. The molecule has 0 fully saturated rings. The van der Waals surface area contributed by atoms with Gasteiger partial charge in [-0.1, -0.05) is 60.7 Å². The lowest BCUT2D eigenvalue weighted by atomic mass is 9.84. The smallest absolute Gasteiger partial charge is 0.258 e. The standard InChI is InChI=1S/C19H13N3O6/c23-20(24)16-12-11-15(18(21(25)26)19(16)22(27)28)17(13-7-3-1-4-8-13)14-9-5-2-6-10-14/h1-12,17H. The second-order valence-electron chi connectivity index (χ2n) is 5.90. The number of hydrogen-bond acceptors (Lipinski definition) is 6. The van der Waals surface area contributed by atoms with E-state index in [1.54, 1.807) is 60.7 Å². The summed E-state index contributed by atoms with van der Waals surface area (Å²) < 4.78 is 0. The zero-order valence-electron chi connectivity index (χ0n) is 14.3. The number of nitrogens with zero attached hydrogens (tertiary/aromatic N) is 3. The van der Waals surface area contributed by atoms with Crippen molar-refractivity contribution in [1.29, 1.82) is 0 Å². The van der Waals surface area contributed by atoms with Crippen LogP contribution in [0.5, 0.6) is 0 Å². The van der Waals surface area contributed by atoms with Crippen molar-refractivity contribution in [1.82, 2.24) is 0 Å². The lowest BCUT2D eigenvalue weighted by molar-refractivity contribution is -0.441. The third-order valence-corrected chi connectivity index (χ3v) is 4.30. The molecule has 0 bridgehead atoms. The first-order chi connectivity index (χ1) is 13.4. The number of nitro groups is 3. The predicted molar refractivity (Wildman–Crippen MR) is 100 cm³/mol. The molecule has 9 nitrogen and oxygen atoms in total. The van der Waals surface area contributed by atoms with Gasteiger partial charge in [0, 0.05) is 17.5 Å². The van der Waals surface area contributed by atoms with Crippen molar-refractivity contribution >= 4 is 17.1 Å². The third kappa shape index (κ3) is 3.40. The molecule has 0 aliphatic heterocycles. The highest BCUT2D eigenvalue weighted by atomic mass is 16.6. The van der Waals surface area contributed by atoms with Gasteiger partial charge >= 0.3 is 17.1 Å². The van der Waals surface area contributed by atoms with Crippen LogP contribution >= 0.6 is 0 Å². The fourth-order valence-electron chi connectivity index (χ4n) is 3.18. The van der Waals surface area contributed by atoms with E-state index in [1.165, 1.54) is 6.07 Å². The van der Waals surface area contributed by atoms with Crippen molar-refractivity contribution in [3.63, 3.8) is 0 Å². The molecule has 0 aliphatic carbocycles. The highest BCUT2D eigenvalue weighted by Gasteiger charge is 2.41. The summed E-state index contributed by atoms with van der Waals surface area (Å²) in [5, 5.41) is 34.5. The first-order valence-corrected chi connectivity index (χ1v) is 8.11. The summed E-state index contributed by atoms with van der Waals surface area (Å²) in [4.78, 5) is 31.5. The summed E-state index contributed by atoms with van der Waals surface area (Å²) >= 11 is 0. The minimum atomic E-state index is -1.12. The van der Waals surface area contributed by atoms with Gasteiger partial charge in [-0.05, 0) is 17.2 Å². The van der Waals surface area contributed by atoms with Crippen molar-refractivity contribution in [3.8, 4) is 0 Å². The Hall–Kier alpha value is -4.14. The van der Waals surface area contributed by atoms with E-state index < -0.39 is 37.7 Å². The maximum atomic E-state index is 11.8. The molecule has 0 aliphatic rings. The van der Waals surface area contributed by atoms with Crippen molar-refractivity contribution in [3.05, 3.63) is 120 Å². The summed E-state index contributed by atoms with van der Waals surface area (Å²) in [5.41, 5.74) is -1.57. The quantitative estimate of drug-likeness (QED) is 0.350. The molecule has 3 rings (SSSR count). The lowest BCUT2D eigenvalue weighted by Crippen LogP contribution is -2.10. The van der Waals surface area contributed by atoms with Gasteiger partial charge in [0.05, 0.1) is 14.8 Å². The summed E-state index contributed by atoms with van der Waals surface area (Å²) in [7, 11) is 0. The van der Waals surface area contributed by atoms with E-state index in [2.05, 4.69) is 0 Å². The van der Waals surface area contributed by atoms with E-state index >= 15 is 0 Å². The van der Waals surface area contributed by atoms with E-state index in [9.17, 15) is 30.3 Å². The summed E-state index contributed by atoms with van der Waals surface area (Å²) in [6, 6.07) is 19.7. The van der Waals surface area contributed by atoms with Crippen molar-refractivity contribution in [2.24, 2.45) is 0 Å². The normalized spacial score (nSPS) is 10.6. The predicted octanol–water partition coefficient (Wildman–Crippen LogP) is 4.59. The van der Waals surface area contributed by atoms with Crippen LogP contribution in [0, 0.1) is 30.3 Å². The zero-order valence-corrected chi connectivity index (χ0v) is 14.3. The largest absolute Gasteiger partial charge is 0.422 e. The molecular weight excluding hydrogens is 366 g/mol. The number of rotatable bonds is 6. The molecule has 0 spiro atoms. The molecule has 0 N–H and O–H groups in total. The van der Waals surface area contributed by atoms with E-state index in [-0.39, 0.29) is 5.56 Å². The Bertz CT molecular complexity index is 1010. The zero-order chi connectivity index (χ0) is 20.3. The average Bonchev–Trinajstić information content (AvgIpc) is 2.69. The van der Waals surface area contributed by atoms with Gasteiger partial charge in [-0.2, -0.15) is 0 Å². The van der Waals surface area contributed by atoms with Gasteiger partial charge in [-0.25, -0.2) is 0 Å². The maximum Gasteiger partial charge on any atom is 0.422 e. The Morgan fingerprint density at radius 2 is 1.04 bits per heavy atom. The van der Waals surface area contributed by atoms with Crippen molar-refractivity contribution in [2.75, 3.05) is 0 Å². The van der Waals surface area contributed by atoms with Gasteiger partial charge < -0.3 is 0 Å². The van der Waals surface area contributed by atoms with Crippen LogP contribution in [-0.2, 0) is 0 Å². The van der Waals surface area contributed by atoms with Gasteiger partial charge in [-0.3, -0.25) is 30.3 Å². The van der Waals surface area contributed by atoms with E-state index in [4.69, 9.17) is 0 Å². The summed E-state index contributed by atoms with van der Waals surface area (Å²) in [6.07, 6.45) is 0. The second-order valence-corrected chi connectivity index (χ2v) is 5.90. The molecule has 0 saturated carbocycles. The first-order valence-electron chi connectivity index (χ1n) is 8.11. The number of benzene rings is 3. The molecule has 0 unspecified atom stereocenters. The van der Waals surface area contributed by atoms with Gasteiger partial charge in [-0.15, -0.1) is 0 Å². The van der Waals surface area contributed by atoms with Crippen molar-refractivity contribution < 1.29 is 14.8 Å². The Kier molecular flexibility index (Phi) is 5.07. The highest BCUT2D eigenvalue weighted by Crippen LogP contribution is 2.45. The molecule has 0 radical (unpaired) electrons. The summed E-state index contributed by atoms with van der Waals surface area (Å²) in [6.45, 7) is 0. The molecule has 3 aromatic rings. The second kappa shape index (κ2) is 7.62. The molecule has 0 heterocycles. The molecule has 0 aromatic heterocycles. The molecule has 140 valence electrons. The van der Waals surface area contributed by atoms with Crippen LogP contribution in [0.15, 0.2) is 72.8 Å². The fraction of sp³-hybridized carbons (Fsp3) is 0.0526. The highest BCUT2D eigenvalue weighted by molar-refractivity contribution is 5.71. The molecule has 28 heavy (non-hydrogen) atoms. The van der Waals surface area contributed by atoms with E-state index in [1.807, 2.05) is 0 Å². The van der Waals surface area contributed by atoms with Crippen LogP contribution in [0.4, 0.5) is 17.1 Å². The minimum absolute atomic E-state index is 0.0136. The Labute approximate surface area is 158 Å². The Morgan fingerprint density at radius 3 is 1.43 bits per heavy atom. The van der Waals surface area contributed by atoms with Crippen LogP contribution in [0.1, 0.15) is 22.6 Å². The number of hydrogen-bond donors (Lipinski definition) is 0. The Balaban J connectivity index is 2.38. The molecule has 3 aromatic carbocycles. The van der Waals surface area contributed by atoms with Gasteiger partial charge in [0.1, 0.15) is 0 Å². The van der Waals surface area contributed by atoms with Crippen LogP contribution < -0.4 is 0 Å².